The Labute approximate surface area is 146 Å². The van der Waals surface area contributed by atoms with Crippen LogP contribution >= 0.6 is 0 Å². The molecule has 25 heavy (non-hydrogen) atoms. The number of aromatic nitrogens is 3. The third kappa shape index (κ3) is 3.36. The highest BCUT2D eigenvalue weighted by Gasteiger charge is 2.24. The highest BCUT2D eigenvalue weighted by atomic mass is 16.3. The Bertz CT molecular complexity index is 846. The summed E-state index contributed by atoms with van der Waals surface area (Å²) >= 11 is 0. The number of benzene rings is 1. The number of likely N-dealkylation sites (tertiary alicyclic amines) is 1. The van der Waals surface area contributed by atoms with Crippen LogP contribution in [0.25, 0.3) is 11.0 Å². The van der Waals surface area contributed by atoms with Crippen molar-refractivity contribution >= 4 is 16.9 Å². The summed E-state index contributed by atoms with van der Waals surface area (Å²) in [4.78, 5) is 14.1. The van der Waals surface area contributed by atoms with Gasteiger partial charge in [0.25, 0.3) is 0 Å². The molecule has 0 radical (unpaired) electrons. The molecular weight excluding hydrogens is 314 g/mol. The predicted molar refractivity (Wildman–Crippen MR) is 98.2 cm³/mol. The van der Waals surface area contributed by atoms with E-state index in [2.05, 4.69) is 49.4 Å². The summed E-state index contributed by atoms with van der Waals surface area (Å²) in [6.07, 6.45) is 5.70. The van der Waals surface area contributed by atoms with Crippen molar-refractivity contribution in [1.82, 2.24) is 19.9 Å². The van der Waals surface area contributed by atoms with Gasteiger partial charge in [-0.05, 0) is 36.6 Å². The molecule has 2 aromatic heterocycles. The standard InChI is InChI=1S/C19H23N5O/c25-12-16-6-3-9-24(16)11-15-5-2-1-4-14(15)10-21-19-17-7-8-20-18(17)22-13-23-19/h1-2,4-5,7-8,13,16,25H,3,6,9-12H2,(H2,20,21,22,23). The molecule has 1 aliphatic heterocycles. The molecule has 130 valence electrons. The molecule has 0 saturated carbocycles. The number of H-pyrrole nitrogens is 1. The Morgan fingerprint density at radius 3 is 2.96 bits per heavy atom. The predicted octanol–water partition coefficient (Wildman–Crippen LogP) is 2.53. The van der Waals surface area contributed by atoms with E-state index in [0.717, 1.165) is 42.8 Å². The second-order valence-electron chi connectivity index (χ2n) is 6.53. The lowest BCUT2D eigenvalue weighted by Gasteiger charge is -2.24. The zero-order valence-corrected chi connectivity index (χ0v) is 14.2. The molecule has 1 atom stereocenters. The van der Waals surface area contributed by atoms with Gasteiger partial charge in [0.1, 0.15) is 17.8 Å². The van der Waals surface area contributed by atoms with Crippen molar-refractivity contribution in [3.05, 3.63) is 54.0 Å². The number of nitrogens with one attached hydrogen (secondary N) is 2. The SMILES string of the molecule is OCC1CCCN1Cc1ccccc1CNc1ncnc2[nH]ccc12. The number of fused-ring (bicyclic) bond motifs is 1. The minimum atomic E-state index is 0.243. The fourth-order valence-corrected chi connectivity index (χ4v) is 3.61. The van der Waals surface area contributed by atoms with Crippen molar-refractivity contribution in [3.63, 3.8) is 0 Å². The topological polar surface area (TPSA) is 77.1 Å². The van der Waals surface area contributed by atoms with Crippen LogP contribution in [0.15, 0.2) is 42.9 Å². The highest BCUT2D eigenvalue weighted by molar-refractivity contribution is 5.86. The smallest absolute Gasteiger partial charge is 0.142 e. The molecule has 0 spiro atoms. The first-order chi connectivity index (χ1) is 12.3. The maximum Gasteiger partial charge on any atom is 0.142 e. The van der Waals surface area contributed by atoms with Crippen LogP contribution in [-0.4, -0.2) is 44.2 Å². The third-order valence-corrected chi connectivity index (χ3v) is 5.00. The molecule has 6 nitrogen and oxygen atoms in total. The van der Waals surface area contributed by atoms with Crippen molar-refractivity contribution in [1.29, 1.82) is 0 Å². The molecule has 3 heterocycles. The van der Waals surface area contributed by atoms with Gasteiger partial charge >= 0.3 is 0 Å². The Morgan fingerprint density at radius 1 is 1.20 bits per heavy atom. The summed E-state index contributed by atoms with van der Waals surface area (Å²) in [7, 11) is 0. The molecule has 6 heteroatoms. The summed E-state index contributed by atoms with van der Waals surface area (Å²) in [6.45, 7) is 2.90. The van der Waals surface area contributed by atoms with E-state index < -0.39 is 0 Å². The van der Waals surface area contributed by atoms with Crippen molar-refractivity contribution in [2.24, 2.45) is 0 Å². The molecule has 3 aromatic rings. The lowest BCUT2D eigenvalue weighted by molar-refractivity contribution is 0.153. The second-order valence-corrected chi connectivity index (χ2v) is 6.53. The van der Waals surface area contributed by atoms with Crippen LogP contribution < -0.4 is 5.32 Å². The molecule has 1 saturated heterocycles. The van der Waals surface area contributed by atoms with Crippen LogP contribution in [0.5, 0.6) is 0 Å². The Morgan fingerprint density at radius 2 is 2.08 bits per heavy atom. The average Bonchev–Trinajstić information content (AvgIpc) is 3.30. The third-order valence-electron chi connectivity index (χ3n) is 5.00. The van der Waals surface area contributed by atoms with Crippen LogP contribution in [0.4, 0.5) is 5.82 Å². The van der Waals surface area contributed by atoms with Crippen molar-refractivity contribution < 1.29 is 5.11 Å². The summed E-state index contributed by atoms with van der Waals surface area (Å²) in [6, 6.07) is 10.8. The summed E-state index contributed by atoms with van der Waals surface area (Å²) in [5, 5.41) is 14.0. The lowest BCUT2D eigenvalue weighted by atomic mass is 10.1. The normalized spacial score (nSPS) is 18.0. The van der Waals surface area contributed by atoms with E-state index in [0.29, 0.717) is 12.6 Å². The molecule has 1 aliphatic rings. The zero-order chi connectivity index (χ0) is 17.1. The number of rotatable bonds is 6. The molecule has 0 aliphatic carbocycles. The number of aromatic amines is 1. The van der Waals surface area contributed by atoms with Gasteiger partial charge in [0, 0.05) is 25.3 Å². The van der Waals surface area contributed by atoms with Gasteiger partial charge in [0.05, 0.1) is 12.0 Å². The molecule has 0 bridgehead atoms. The summed E-state index contributed by atoms with van der Waals surface area (Å²) < 4.78 is 0. The average molecular weight is 337 g/mol. The molecule has 0 amide bonds. The van der Waals surface area contributed by atoms with Gasteiger partial charge in [0.2, 0.25) is 0 Å². The zero-order valence-electron chi connectivity index (χ0n) is 14.2. The minimum Gasteiger partial charge on any atom is -0.395 e. The highest BCUT2D eigenvalue weighted by Crippen LogP contribution is 2.23. The van der Waals surface area contributed by atoms with E-state index >= 15 is 0 Å². The molecule has 1 unspecified atom stereocenters. The van der Waals surface area contributed by atoms with E-state index in [1.54, 1.807) is 6.33 Å². The first-order valence-corrected chi connectivity index (χ1v) is 8.79. The maximum absolute atomic E-state index is 9.54. The number of aliphatic hydroxyl groups is 1. The van der Waals surface area contributed by atoms with Crippen LogP contribution in [0.2, 0.25) is 0 Å². The molecule has 1 fully saturated rings. The molecule has 1 aromatic carbocycles. The van der Waals surface area contributed by atoms with Crippen LogP contribution in [0.3, 0.4) is 0 Å². The van der Waals surface area contributed by atoms with E-state index in [1.807, 2.05) is 12.3 Å². The molecular formula is C19H23N5O. The number of hydrogen-bond donors (Lipinski definition) is 3. The van der Waals surface area contributed by atoms with E-state index in [9.17, 15) is 5.11 Å². The summed E-state index contributed by atoms with van der Waals surface area (Å²) in [5.74, 6) is 0.843. The van der Waals surface area contributed by atoms with Crippen molar-refractivity contribution in [3.8, 4) is 0 Å². The van der Waals surface area contributed by atoms with E-state index in [4.69, 9.17) is 0 Å². The van der Waals surface area contributed by atoms with Gasteiger partial charge in [0.15, 0.2) is 0 Å². The monoisotopic (exact) mass is 337 g/mol. The summed E-state index contributed by atoms with van der Waals surface area (Å²) in [5.41, 5.74) is 3.40. The Kier molecular flexibility index (Phi) is 4.63. The van der Waals surface area contributed by atoms with Crippen molar-refractivity contribution in [2.75, 3.05) is 18.5 Å². The lowest BCUT2D eigenvalue weighted by Crippen LogP contribution is -2.32. The minimum absolute atomic E-state index is 0.243. The largest absolute Gasteiger partial charge is 0.395 e. The first-order valence-electron chi connectivity index (χ1n) is 8.79. The quantitative estimate of drug-likeness (QED) is 0.644. The first kappa shape index (κ1) is 16.1. The van der Waals surface area contributed by atoms with Crippen LogP contribution in [0.1, 0.15) is 24.0 Å². The number of hydrogen-bond acceptors (Lipinski definition) is 5. The number of nitrogens with zero attached hydrogens (tertiary/aromatic N) is 3. The fraction of sp³-hybridized carbons (Fsp3) is 0.368. The van der Waals surface area contributed by atoms with E-state index in [-0.39, 0.29) is 6.61 Å². The van der Waals surface area contributed by atoms with Gasteiger partial charge in [-0.2, -0.15) is 0 Å². The number of aliphatic hydroxyl groups excluding tert-OH is 1. The fourth-order valence-electron chi connectivity index (χ4n) is 3.61. The van der Waals surface area contributed by atoms with Gasteiger partial charge < -0.3 is 15.4 Å². The number of anilines is 1. The van der Waals surface area contributed by atoms with Gasteiger partial charge in [-0.15, -0.1) is 0 Å². The van der Waals surface area contributed by atoms with Gasteiger partial charge in [-0.3, -0.25) is 4.90 Å². The Balaban J connectivity index is 1.50. The van der Waals surface area contributed by atoms with Crippen LogP contribution in [-0.2, 0) is 13.1 Å². The van der Waals surface area contributed by atoms with Crippen molar-refractivity contribution in [2.45, 2.75) is 32.0 Å². The van der Waals surface area contributed by atoms with E-state index in [1.165, 1.54) is 11.1 Å². The maximum atomic E-state index is 9.54. The Hall–Kier alpha value is -2.44. The van der Waals surface area contributed by atoms with Gasteiger partial charge in [-0.25, -0.2) is 9.97 Å². The molecule has 4 rings (SSSR count). The molecule has 3 N–H and O–H groups in total. The van der Waals surface area contributed by atoms with Crippen LogP contribution in [0, 0.1) is 0 Å². The van der Waals surface area contributed by atoms with Gasteiger partial charge in [-0.1, -0.05) is 24.3 Å². The second kappa shape index (κ2) is 7.21.